The Morgan fingerprint density at radius 3 is 2.46 bits per heavy atom. The maximum atomic E-state index is 8.97. The van der Waals surface area contributed by atoms with Crippen LogP contribution >= 0.6 is 0 Å². The lowest BCUT2D eigenvalue weighted by molar-refractivity contribution is 0.882. The van der Waals surface area contributed by atoms with Crippen LogP contribution in [0.5, 0.6) is 0 Å². The molecule has 0 amide bonds. The first kappa shape index (κ1) is 14.5. The molecule has 1 aliphatic heterocycles. The summed E-state index contributed by atoms with van der Waals surface area (Å²) < 4.78 is 1.95. The highest BCUT2D eigenvalue weighted by Crippen LogP contribution is 2.35. The van der Waals surface area contributed by atoms with E-state index < -0.39 is 0 Å². The van der Waals surface area contributed by atoms with Gasteiger partial charge in [-0.05, 0) is 56.7 Å². The monoisotopic (exact) mass is 314 g/mol. The number of aromatic nitrogens is 2. The standard InChI is InChI=1S/C20H18N4/c1-13-9-14(2)11-16(10-13)19-18-7-8-22-20(18)24(23-19)17-5-3-15(12-21)4-6-17/h3-6,9-11,22H,7-8H2,1-2H3. The van der Waals surface area contributed by atoms with E-state index in [1.165, 1.54) is 22.3 Å². The van der Waals surface area contributed by atoms with Crippen molar-refractivity contribution in [2.24, 2.45) is 0 Å². The lowest BCUT2D eigenvalue weighted by Crippen LogP contribution is -2.04. The van der Waals surface area contributed by atoms with E-state index in [2.05, 4.69) is 43.4 Å². The molecule has 4 nitrogen and oxygen atoms in total. The van der Waals surface area contributed by atoms with Gasteiger partial charge >= 0.3 is 0 Å². The third-order valence-corrected chi connectivity index (χ3v) is 4.39. The van der Waals surface area contributed by atoms with E-state index in [0.717, 1.165) is 30.2 Å². The Bertz CT molecular complexity index is 938. The third-order valence-electron chi connectivity index (χ3n) is 4.39. The minimum absolute atomic E-state index is 0.657. The average Bonchev–Trinajstić information content (AvgIpc) is 3.16. The van der Waals surface area contributed by atoms with Crippen LogP contribution in [-0.2, 0) is 6.42 Å². The van der Waals surface area contributed by atoms with Crippen LogP contribution in [0.2, 0.25) is 0 Å². The lowest BCUT2D eigenvalue weighted by Gasteiger charge is -2.06. The zero-order valence-corrected chi connectivity index (χ0v) is 13.8. The van der Waals surface area contributed by atoms with Crippen molar-refractivity contribution in [3.8, 4) is 23.0 Å². The molecule has 4 rings (SSSR count). The van der Waals surface area contributed by atoms with Crippen LogP contribution in [0.3, 0.4) is 0 Å². The number of hydrogen-bond acceptors (Lipinski definition) is 3. The molecule has 0 radical (unpaired) electrons. The highest BCUT2D eigenvalue weighted by Gasteiger charge is 2.24. The van der Waals surface area contributed by atoms with E-state index in [-0.39, 0.29) is 0 Å². The van der Waals surface area contributed by atoms with Crippen LogP contribution in [0.15, 0.2) is 42.5 Å². The molecule has 0 saturated carbocycles. The van der Waals surface area contributed by atoms with Crippen LogP contribution in [-0.4, -0.2) is 16.3 Å². The van der Waals surface area contributed by atoms with Gasteiger partial charge in [-0.3, -0.25) is 0 Å². The molecule has 24 heavy (non-hydrogen) atoms. The number of aryl methyl sites for hydroxylation is 2. The molecule has 0 saturated heterocycles. The smallest absolute Gasteiger partial charge is 0.133 e. The molecule has 2 aromatic carbocycles. The fourth-order valence-corrected chi connectivity index (χ4v) is 3.38. The second-order valence-corrected chi connectivity index (χ2v) is 6.30. The van der Waals surface area contributed by atoms with Gasteiger partial charge in [0.25, 0.3) is 0 Å². The van der Waals surface area contributed by atoms with Gasteiger partial charge in [0.15, 0.2) is 0 Å². The van der Waals surface area contributed by atoms with Gasteiger partial charge in [-0.1, -0.05) is 17.2 Å². The molecule has 1 N–H and O–H groups in total. The number of anilines is 1. The maximum Gasteiger partial charge on any atom is 0.133 e. The van der Waals surface area contributed by atoms with Gasteiger partial charge in [0.05, 0.1) is 23.0 Å². The van der Waals surface area contributed by atoms with E-state index in [4.69, 9.17) is 10.4 Å². The molecule has 2 heterocycles. The quantitative estimate of drug-likeness (QED) is 0.778. The Labute approximate surface area is 141 Å². The first-order valence-corrected chi connectivity index (χ1v) is 8.10. The lowest BCUT2D eigenvalue weighted by atomic mass is 10.0. The summed E-state index contributed by atoms with van der Waals surface area (Å²) in [4.78, 5) is 0. The van der Waals surface area contributed by atoms with Crippen molar-refractivity contribution in [3.05, 3.63) is 64.7 Å². The van der Waals surface area contributed by atoms with E-state index in [1.807, 2.05) is 28.9 Å². The number of nitrogens with one attached hydrogen (secondary N) is 1. The zero-order valence-electron chi connectivity index (χ0n) is 13.8. The summed E-state index contributed by atoms with van der Waals surface area (Å²) >= 11 is 0. The number of fused-ring (bicyclic) bond motifs is 1. The highest BCUT2D eigenvalue weighted by molar-refractivity contribution is 5.73. The molecule has 1 aliphatic rings. The molecular weight excluding hydrogens is 296 g/mol. The predicted octanol–water partition coefficient (Wildman–Crippen LogP) is 4.00. The minimum Gasteiger partial charge on any atom is -0.369 e. The van der Waals surface area contributed by atoms with E-state index in [9.17, 15) is 0 Å². The normalized spacial score (nSPS) is 12.5. The molecule has 0 unspecified atom stereocenters. The summed E-state index contributed by atoms with van der Waals surface area (Å²) in [6.45, 7) is 5.17. The Morgan fingerprint density at radius 2 is 1.79 bits per heavy atom. The Hall–Kier alpha value is -3.06. The molecule has 4 heteroatoms. The van der Waals surface area contributed by atoms with Gasteiger partial charge in [0.1, 0.15) is 5.82 Å². The van der Waals surface area contributed by atoms with Crippen molar-refractivity contribution in [3.63, 3.8) is 0 Å². The van der Waals surface area contributed by atoms with Crippen molar-refractivity contribution in [2.75, 3.05) is 11.9 Å². The average molecular weight is 314 g/mol. The summed E-state index contributed by atoms with van der Waals surface area (Å²) in [5, 5.41) is 17.3. The van der Waals surface area contributed by atoms with Crippen LogP contribution in [0, 0.1) is 25.2 Å². The Kier molecular flexibility index (Phi) is 3.35. The number of hydrogen-bond donors (Lipinski definition) is 1. The molecule has 118 valence electrons. The van der Waals surface area contributed by atoms with Gasteiger partial charge in [-0.25, -0.2) is 4.68 Å². The fraction of sp³-hybridized carbons (Fsp3) is 0.200. The Morgan fingerprint density at radius 1 is 1.08 bits per heavy atom. The number of benzene rings is 2. The van der Waals surface area contributed by atoms with E-state index >= 15 is 0 Å². The van der Waals surface area contributed by atoms with Gasteiger partial charge in [-0.15, -0.1) is 0 Å². The second kappa shape index (κ2) is 5.54. The van der Waals surface area contributed by atoms with E-state index in [1.54, 1.807) is 0 Å². The first-order chi connectivity index (χ1) is 11.7. The fourth-order valence-electron chi connectivity index (χ4n) is 3.38. The minimum atomic E-state index is 0.657. The maximum absolute atomic E-state index is 8.97. The Balaban J connectivity index is 1.87. The SMILES string of the molecule is Cc1cc(C)cc(-c2nn(-c3ccc(C#N)cc3)c3c2CCN3)c1. The predicted molar refractivity (Wildman–Crippen MR) is 95.4 cm³/mol. The first-order valence-electron chi connectivity index (χ1n) is 8.10. The van der Waals surface area contributed by atoms with Gasteiger partial charge in [0, 0.05) is 17.7 Å². The summed E-state index contributed by atoms with van der Waals surface area (Å²) in [6.07, 6.45) is 0.980. The summed E-state index contributed by atoms with van der Waals surface area (Å²) in [7, 11) is 0. The molecule has 0 fully saturated rings. The van der Waals surface area contributed by atoms with Crippen LogP contribution in [0.4, 0.5) is 5.82 Å². The highest BCUT2D eigenvalue weighted by atomic mass is 15.3. The molecule has 0 aliphatic carbocycles. The molecule has 0 bridgehead atoms. The molecular formula is C20H18N4. The van der Waals surface area contributed by atoms with Crippen LogP contribution in [0.25, 0.3) is 16.9 Å². The van der Waals surface area contributed by atoms with Crippen LogP contribution < -0.4 is 5.32 Å². The van der Waals surface area contributed by atoms with Gasteiger partial charge in [0.2, 0.25) is 0 Å². The molecule has 3 aromatic rings. The van der Waals surface area contributed by atoms with Gasteiger partial charge < -0.3 is 5.32 Å². The number of rotatable bonds is 2. The zero-order chi connectivity index (χ0) is 16.7. The number of nitriles is 1. The van der Waals surface area contributed by atoms with Crippen molar-refractivity contribution in [1.29, 1.82) is 5.26 Å². The van der Waals surface area contributed by atoms with Crippen LogP contribution in [0.1, 0.15) is 22.3 Å². The second-order valence-electron chi connectivity index (χ2n) is 6.30. The number of nitrogens with zero attached hydrogens (tertiary/aromatic N) is 3. The molecule has 0 spiro atoms. The summed E-state index contributed by atoms with van der Waals surface area (Å²) in [5.74, 6) is 1.06. The van der Waals surface area contributed by atoms with Crippen molar-refractivity contribution in [1.82, 2.24) is 9.78 Å². The van der Waals surface area contributed by atoms with Crippen molar-refractivity contribution in [2.45, 2.75) is 20.3 Å². The van der Waals surface area contributed by atoms with Crippen molar-refractivity contribution < 1.29 is 0 Å². The summed E-state index contributed by atoms with van der Waals surface area (Å²) in [6, 6.07) is 16.3. The molecule has 0 atom stereocenters. The van der Waals surface area contributed by atoms with Crippen molar-refractivity contribution >= 4 is 5.82 Å². The van der Waals surface area contributed by atoms with Gasteiger partial charge in [-0.2, -0.15) is 10.4 Å². The van der Waals surface area contributed by atoms with E-state index in [0.29, 0.717) is 5.56 Å². The topological polar surface area (TPSA) is 53.6 Å². The largest absolute Gasteiger partial charge is 0.369 e. The third kappa shape index (κ3) is 2.35. The molecule has 1 aromatic heterocycles. The summed E-state index contributed by atoms with van der Waals surface area (Å²) in [5.41, 5.74) is 7.60.